The molecule has 0 fully saturated rings. The molecule has 2 aromatic rings. The molecule has 1 atom stereocenters. The molecule has 0 amide bonds. The number of guanidine groups is 1. The first kappa shape index (κ1) is 26.0. The Balaban J connectivity index is 0.00000450. The molecule has 2 rings (SSSR count). The van der Waals surface area contributed by atoms with Crippen molar-refractivity contribution in [2.75, 3.05) is 33.9 Å². The number of hydrogen-bond donors (Lipinski definition) is 2. The standard InChI is InChI=1S/C22H30FN3O3.HI/c1-5-24-22(26-16(2)17-10-11-21(28-4)19(23)14-17)25-12-13-29-15-18-8-6-7-9-20(18)27-3;/h6-11,14,16H,5,12-13,15H2,1-4H3,(H2,24,25,26);1H. The van der Waals surface area contributed by atoms with Gasteiger partial charge in [-0.2, -0.15) is 0 Å². The zero-order valence-corrected chi connectivity index (χ0v) is 20.2. The minimum atomic E-state index is -0.384. The number of methoxy groups -OCH3 is 2. The van der Waals surface area contributed by atoms with Crippen LogP contribution in [0.1, 0.15) is 31.0 Å². The monoisotopic (exact) mass is 531 g/mol. The second-order valence-electron chi connectivity index (χ2n) is 6.39. The summed E-state index contributed by atoms with van der Waals surface area (Å²) in [5.41, 5.74) is 1.81. The van der Waals surface area contributed by atoms with Gasteiger partial charge in [-0.25, -0.2) is 4.39 Å². The van der Waals surface area contributed by atoms with Crippen molar-refractivity contribution in [3.05, 3.63) is 59.4 Å². The summed E-state index contributed by atoms with van der Waals surface area (Å²) in [4.78, 5) is 4.53. The molecule has 2 N–H and O–H groups in total. The summed E-state index contributed by atoms with van der Waals surface area (Å²) < 4.78 is 30.0. The Labute approximate surface area is 195 Å². The number of para-hydroxylation sites is 1. The number of rotatable bonds is 10. The molecule has 0 aliphatic carbocycles. The maximum Gasteiger partial charge on any atom is 0.191 e. The van der Waals surface area contributed by atoms with Crippen molar-refractivity contribution in [3.63, 3.8) is 0 Å². The van der Waals surface area contributed by atoms with Gasteiger partial charge in [-0.05, 0) is 37.6 Å². The van der Waals surface area contributed by atoms with Crippen LogP contribution in [0.25, 0.3) is 0 Å². The fourth-order valence-electron chi connectivity index (χ4n) is 2.79. The number of benzene rings is 2. The van der Waals surface area contributed by atoms with Gasteiger partial charge >= 0.3 is 0 Å². The third-order valence-corrected chi connectivity index (χ3v) is 4.33. The highest BCUT2D eigenvalue weighted by Gasteiger charge is 2.11. The molecule has 0 saturated heterocycles. The topological polar surface area (TPSA) is 64.1 Å². The Morgan fingerprint density at radius 2 is 1.83 bits per heavy atom. The highest BCUT2D eigenvalue weighted by atomic mass is 127. The number of hydrogen-bond acceptors (Lipinski definition) is 4. The van der Waals surface area contributed by atoms with E-state index in [0.717, 1.165) is 23.4 Å². The summed E-state index contributed by atoms with van der Waals surface area (Å²) in [7, 11) is 3.10. The molecule has 0 aliphatic heterocycles. The number of nitrogens with one attached hydrogen (secondary N) is 2. The van der Waals surface area contributed by atoms with Gasteiger partial charge in [-0.1, -0.05) is 24.3 Å². The highest BCUT2D eigenvalue weighted by Crippen LogP contribution is 2.21. The van der Waals surface area contributed by atoms with Gasteiger partial charge in [0.25, 0.3) is 0 Å². The van der Waals surface area contributed by atoms with Gasteiger partial charge in [-0.15, -0.1) is 24.0 Å². The van der Waals surface area contributed by atoms with E-state index in [1.807, 2.05) is 44.2 Å². The van der Waals surface area contributed by atoms with Gasteiger partial charge in [0.2, 0.25) is 0 Å². The van der Waals surface area contributed by atoms with Crippen molar-refractivity contribution in [2.45, 2.75) is 26.5 Å². The van der Waals surface area contributed by atoms with Gasteiger partial charge in [0.15, 0.2) is 17.5 Å². The maximum absolute atomic E-state index is 14.0. The van der Waals surface area contributed by atoms with E-state index in [-0.39, 0.29) is 41.6 Å². The second kappa shape index (κ2) is 14.0. The van der Waals surface area contributed by atoms with E-state index in [2.05, 4.69) is 15.6 Å². The lowest BCUT2D eigenvalue weighted by atomic mass is 10.1. The van der Waals surface area contributed by atoms with E-state index in [4.69, 9.17) is 14.2 Å². The summed E-state index contributed by atoms with van der Waals surface area (Å²) in [6, 6.07) is 12.6. The fourth-order valence-corrected chi connectivity index (χ4v) is 2.79. The Kier molecular flexibility index (Phi) is 12.1. The zero-order valence-electron chi connectivity index (χ0n) is 17.9. The first-order valence-electron chi connectivity index (χ1n) is 9.67. The van der Waals surface area contributed by atoms with Crippen LogP contribution in [0.3, 0.4) is 0 Å². The van der Waals surface area contributed by atoms with Crippen LogP contribution < -0.4 is 20.1 Å². The Morgan fingerprint density at radius 1 is 1.10 bits per heavy atom. The maximum atomic E-state index is 14.0. The van der Waals surface area contributed by atoms with E-state index in [9.17, 15) is 4.39 Å². The molecule has 30 heavy (non-hydrogen) atoms. The zero-order chi connectivity index (χ0) is 21.1. The molecule has 6 nitrogen and oxygen atoms in total. The third kappa shape index (κ3) is 7.98. The number of aliphatic imine (C=N–C) groups is 1. The Morgan fingerprint density at radius 3 is 2.50 bits per heavy atom. The quantitative estimate of drug-likeness (QED) is 0.207. The Bertz CT molecular complexity index is 805. The van der Waals surface area contributed by atoms with Gasteiger partial charge in [0.05, 0.1) is 40.0 Å². The smallest absolute Gasteiger partial charge is 0.191 e. The SMILES string of the molecule is CCNC(=NCCOCc1ccccc1OC)NC(C)c1ccc(OC)c(F)c1.I. The first-order valence-corrected chi connectivity index (χ1v) is 9.67. The average Bonchev–Trinajstić information content (AvgIpc) is 2.73. The van der Waals surface area contributed by atoms with E-state index in [0.29, 0.717) is 25.7 Å². The predicted octanol–water partition coefficient (Wildman–Crippen LogP) is 4.29. The molecular weight excluding hydrogens is 500 g/mol. The van der Waals surface area contributed by atoms with Crippen LogP contribution in [0.15, 0.2) is 47.5 Å². The molecule has 0 aromatic heterocycles. The second-order valence-corrected chi connectivity index (χ2v) is 6.39. The van der Waals surface area contributed by atoms with Crippen LogP contribution in [-0.2, 0) is 11.3 Å². The molecule has 0 saturated carbocycles. The summed E-state index contributed by atoms with van der Waals surface area (Å²) in [6.45, 7) is 6.09. The van der Waals surface area contributed by atoms with Crippen molar-refractivity contribution in [1.82, 2.24) is 10.6 Å². The van der Waals surface area contributed by atoms with Crippen molar-refractivity contribution >= 4 is 29.9 Å². The summed E-state index contributed by atoms with van der Waals surface area (Å²) in [5, 5.41) is 6.47. The third-order valence-electron chi connectivity index (χ3n) is 4.33. The summed E-state index contributed by atoms with van der Waals surface area (Å²) in [5.74, 6) is 1.31. The predicted molar refractivity (Wildman–Crippen MR) is 129 cm³/mol. The molecule has 0 radical (unpaired) electrons. The van der Waals surface area contributed by atoms with Crippen LogP contribution in [0.4, 0.5) is 4.39 Å². The van der Waals surface area contributed by atoms with Crippen LogP contribution in [-0.4, -0.2) is 39.9 Å². The lowest BCUT2D eigenvalue weighted by molar-refractivity contribution is 0.126. The number of ether oxygens (including phenoxy) is 3. The minimum Gasteiger partial charge on any atom is -0.496 e. The number of halogens is 2. The van der Waals surface area contributed by atoms with Crippen LogP contribution in [0, 0.1) is 5.82 Å². The molecule has 0 aliphatic rings. The average molecular weight is 531 g/mol. The molecule has 0 heterocycles. The van der Waals surface area contributed by atoms with Gasteiger partial charge in [-0.3, -0.25) is 4.99 Å². The van der Waals surface area contributed by atoms with E-state index < -0.39 is 0 Å². The normalized spacial score (nSPS) is 12.0. The Hall–Kier alpha value is -2.07. The van der Waals surface area contributed by atoms with E-state index in [1.54, 1.807) is 13.2 Å². The first-order chi connectivity index (χ1) is 14.1. The fraction of sp³-hybridized carbons (Fsp3) is 0.409. The van der Waals surface area contributed by atoms with Gasteiger partial charge < -0.3 is 24.8 Å². The van der Waals surface area contributed by atoms with Gasteiger partial charge in [0.1, 0.15) is 5.75 Å². The van der Waals surface area contributed by atoms with Crippen LogP contribution in [0.5, 0.6) is 11.5 Å². The largest absolute Gasteiger partial charge is 0.496 e. The van der Waals surface area contributed by atoms with Crippen LogP contribution >= 0.6 is 24.0 Å². The molecule has 166 valence electrons. The van der Waals surface area contributed by atoms with E-state index >= 15 is 0 Å². The highest BCUT2D eigenvalue weighted by molar-refractivity contribution is 14.0. The summed E-state index contributed by atoms with van der Waals surface area (Å²) >= 11 is 0. The van der Waals surface area contributed by atoms with Crippen molar-refractivity contribution < 1.29 is 18.6 Å². The van der Waals surface area contributed by atoms with E-state index in [1.165, 1.54) is 13.2 Å². The van der Waals surface area contributed by atoms with Gasteiger partial charge in [0, 0.05) is 12.1 Å². The van der Waals surface area contributed by atoms with Crippen LogP contribution in [0.2, 0.25) is 0 Å². The molecule has 2 aromatic carbocycles. The number of nitrogens with zero attached hydrogens (tertiary/aromatic N) is 1. The molecule has 8 heteroatoms. The molecule has 0 bridgehead atoms. The molecule has 0 spiro atoms. The molecule has 1 unspecified atom stereocenters. The van der Waals surface area contributed by atoms with Crippen molar-refractivity contribution in [2.24, 2.45) is 4.99 Å². The lowest BCUT2D eigenvalue weighted by Gasteiger charge is -2.18. The molecular formula is C22H31FIN3O3. The summed E-state index contributed by atoms with van der Waals surface area (Å²) in [6.07, 6.45) is 0. The van der Waals surface area contributed by atoms with Crippen molar-refractivity contribution in [1.29, 1.82) is 0 Å². The lowest BCUT2D eigenvalue weighted by Crippen LogP contribution is -2.39. The minimum absolute atomic E-state index is 0. The van der Waals surface area contributed by atoms with Crippen molar-refractivity contribution in [3.8, 4) is 11.5 Å².